The van der Waals surface area contributed by atoms with Crippen LogP contribution in [0.15, 0.2) is 55.0 Å². The number of esters is 1. The number of aromatic nitrogens is 5. The van der Waals surface area contributed by atoms with Crippen LogP contribution in [0.5, 0.6) is 0 Å². The lowest BCUT2D eigenvalue weighted by Crippen LogP contribution is -2.31. The molecule has 4 aromatic rings. The standard InChI is InChI=1S/C24H24N6O2/c1-2-32-24(31)23-19-16-29(14-17-6-5-8-20-22(17)27-12-11-26-20)13-9-21(19)30(28-23)15-18-7-3-4-10-25-18/h3-8,10-12H,2,9,13-16H2,1H3. The second-order valence-corrected chi connectivity index (χ2v) is 7.77. The lowest BCUT2D eigenvalue weighted by atomic mass is 10.0. The van der Waals surface area contributed by atoms with Gasteiger partial charge in [-0.25, -0.2) is 4.79 Å². The topological polar surface area (TPSA) is 86.0 Å². The minimum Gasteiger partial charge on any atom is -0.461 e. The van der Waals surface area contributed by atoms with Crippen LogP contribution < -0.4 is 0 Å². The predicted octanol–water partition coefficient (Wildman–Crippen LogP) is 3.00. The van der Waals surface area contributed by atoms with Gasteiger partial charge in [0.2, 0.25) is 0 Å². The van der Waals surface area contributed by atoms with Crippen LogP contribution in [0.25, 0.3) is 11.0 Å². The van der Waals surface area contributed by atoms with Gasteiger partial charge in [-0.3, -0.25) is 24.5 Å². The molecule has 8 nitrogen and oxygen atoms in total. The Hall–Kier alpha value is -3.65. The molecule has 0 bridgehead atoms. The van der Waals surface area contributed by atoms with Crippen molar-refractivity contribution in [2.45, 2.75) is 33.0 Å². The molecule has 5 rings (SSSR count). The van der Waals surface area contributed by atoms with Gasteiger partial charge in [-0.1, -0.05) is 18.2 Å². The van der Waals surface area contributed by atoms with Gasteiger partial charge in [-0.05, 0) is 30.7 Å². The van der Waals surface area contributed by atoms with Gasteiger partial charge in [0.25, 0.3) is 0 Å². The smallest absolute Gasteiger partial charge is 0.359 e. The Kier molecular flexibility index (Phi) is 5.60. The lowest BCUT2D eigenvalue weighted by Gasteiger charge is -2.28. The molecule has 1 aliphatic rings. The monoisotopic (exact) mass is 428 g/mol. The van der Waals surface area contributed by atoms with E-state index in [1.807, 2.05) is 41.9 Å². The number of fused-ring (bicyclic) bond motifs is 2. The summed E-state index contributed by atoms with van der Waals surface area (Å²) in [5.74, 6) is -0.374. The number of carbonyl (C=O) groups is 1. The molecule has 0 fully saturated rings. The van der Waals surface area contributed by atoms with E-state index in [2.05, 4.69) is 31.0 Å². The number of pyridine rings is 1. The first-order valence-corrected chi connectivity index (χ1v) is 10.8. The number of hydrogen-bond acceptors (Lipinski definition) is 7. The summed E-state index contributed by atoms with van der Waals surface area (Å²) in [7, 11) is 0. The molecule has 0 N–H and O–H groups in total. The van der Waals surface area contributed by atoms with Gasteiger partial charge < -0.3 is 4.74 Å². The molecule has 32 heavy (non-hydrogen) atoms. The van der Waals surface area contributed by atoms with Crippen molar-refractivity contribution in [3.63, 3.8) is 0 Å². The Labute approximate surface area is 185 Å². The summed E-state index contributed by atoms with van der Waals surface area (Å²) in [5, 5.41) is 4.65. The van der Waals surface area contributed by atoms with E-state index in [1.54, 1.807) is 18.6 Å². The largest absolute Gasteiger partial charge is 0.461 e. The summed E-state index contributed by atoms with van der Waals surface area (Å²) in [4.78, 5) is 28.3. The fourth-order valence-corrected chi connectivity index (χ4v) is 4.24. The number of hydrogen-bond donors (Lipinski definition) is 0. The maximum absolute atomic E-state index is 12.7. The van der Waals surface area contributed by atoms with Crippen molar-refractivity contribution in [1.29, 1.82) is 0 Å². The molecule has 0 radical (unpaired) electrons. The third-order valence-electron chi connectivity index (χ3n) is 5.70. The normalized spacial score (nSPS) is 13.8. The minimum absolute atomic E-state index is 0.319. The lowest BCUT2D eigenvalue weighted by molar-refractivity contribution is 0.0515. The number of para-hydroxylation sites is 1. The highest BCUT2D eigenvalue weighted by Crippen LogP contribution is 2.26. The van der Waals surface area contributed by atoms with Crippen molar-refractivity contribution in [3.05, 3.63) is 83.2 Å². The molecule has 0 amide bonds. The van der Waals surface area contributed by atoms with Crippen molar-refractivity contribution in [3.8, 4) is 0 Å². The number of nitrogens with zero attached hydrogens (tertiary/aromatic N) is 6. The highest BCUT2D eigenvalue weighted by molar-refractivity contribution is 5.89. The number of rotatable bonds is 6. The highest BCUT2D eigenvalue weighted by atomic mass is 16.5. The van der Waals surface area contributed by atoms with Gasteiger partial charge in [0, 0.05) is 55.9 Å². The third-order valence-corrected chi connectivity index (χ3v) is 5.70. The van der Waals surface area contributed by atoms with Crippen LogP contribution in [0.4, 0.5) is 0 Å². The first-order valence-electron chi connectivity index (χ1n) is 10.8. The van der Waals surface area contributed by atoms with Crippen LogP contribution in [0, 0.1) is 0 Å². The molecule has 0 saturated heterocycles. The van der Waals surface area contributed by atoms with Crippen LogP contribution in [-0.4, -0.2) is 48.8 Å². The summed E-state index contributed by atoms with van der Waals surface area (Å²) in [5.41, 5.74) is 6.25. The maximum atomic E-state index is 12.7. The van der Waals surface area contributed by atoms with Crippen molar-refractivity contribution in [1.82, 2.24) is 29.6 Å². The van der Waals surface area contributed by atoms with Crippen molar-refractivity contribution >= 4 is 17.0 Å². The zero-order chi connectivity index (χ0) is 21.9. The second-order valence-electron chi connectivity index (χ2n) is 7.77. The molecule has 162 valence electrons. The fourth-order valence-electron chi connectivity index (χ4n) is 4.24. The van der Waals surface area contributed by atoms with Crippen LogP contribution in [-0.2, 0) is 30.8 Å². The van der Waals surface area contributed by atoms with E-state index >= 15 is 0 Å². The number of carbonyl (C=O) groups excluding carboxylic acids is 1. The fraction of sp³-hybridized carbons (Fsp3) is 0.292. The van der Waals surface area contributed by atoms with Crippen molar-refractivity contribution in [2.75, 3.05) is 13.2 Å². The summed E-state index contributed by atoms with van der Waals surface area (Å²) >= 11 is 0. The maximum Gasteiger partial charge on any atom is 0.359 e. The van der Waals surface area contributed by atoms with E-state index in [-0.39, 0.29) is 5.97 Å². The molecule has 0 saturated carbocycles. The van der Waals surface area contributed by atoms with E-state index in [0.717, 1.165) is 53.1 Å². The summed E-state index contributed by atoms with van der Waals surface area (Å²) in [6.07, 6.45) is 6.00. The Balaban J connectivity index is 1.45. The molecule has 0 atom stereocenters. The van der Waals surface area contributed by atoms with E-state index in [1.165, 1.54) is 0 Å². The van der Waals surface area contributed by atoms with Crippen LogP contribution in [0.1, 0.15) is 39.9 Å². The molecule has 0 aliphatic carbocycles. The molecule has 0 unspecified atom stereocenters. The third kappa shape index (κ3) is 3.97. The van der Waals surface area contributed by atoms with Gasteiger partial charge in [0.1, 0.15) is 0 Å². The molecule has 0 spiro atoms. The average molecular weight is 428 g/mol. The summed E-state index contributed by atoms with van der Waals surface area (Å²) in [6.45, 7) is 4.87. The molecule has 1 aromatic carbocycles. The molecule has 4 heterocycles. The number of benzene rings is 1. The zero-order valence-corrected chi connectivity index (χ0v) is 17.9. The first-order chi connectivity index (χ1) is 15.7. The van der Waals surface area contributed by atoms with Crippen LogP contribution in [0.3, 0.4) is 0 Å². The van der Waals surface area contributed by atoms with E-state index in [4.69, 9.17) is 4.74 Å². The highest BCUT2D eigenvalue weighted by Gasteiger charge is 2.29. The average Bonchev–Trinajstić information content (AvgIpc) is 3.18. The predicted molar refractivity (Wildman–Crippen MR) is 119 cm³/mol. The molecular weight excluding hydrogens is 404 g/mol. The van der Waals surface area contributed by atoms with Gasteiger partial charge in [-0.2, -0.15) is 5.10 Å². The molecule has 1 aliphatic heterocycles. The number of ether oxygens (including phenoxy) is 1. The summed E-state index contributed by atoms with van der Waals surface area (Å²) in [6, 6.07) is 11.9. The first kappa shape index (κ1) is 20.3. The van der Waals surface area contributed by atoms with Crippen LogP contribution >= 0.6 is 0 Å². The molecular formula is C24H24N6O2. The van der Waals surface area contributed by atoms with Crippen molar-refractivity contribution < 1.29 is 9.53 Å². The molecule has 8 heteroatoms. The Bertz CT molecular complexity index is 1250. The minimum atomic E-state index is -0.374. The molecule has 3 aromatic heterocycles. The Morgan fingerprint density at radius 3 is 2.78 bits per heavy atom. The Morgan fingerprint density at radius 1 is 1.03 bits per heavy atom. The van der Waals surface area contributed by atoms with Gasteiger partial charge >= 0.3 is 5.97 Å². The van der Waals surface area contributed by atoms with Gasteiger partial charge in [-0.15, -0.1) is 0 Å². The summed E-state index contributed by atoms with van der Waals surface area (Å²) < 4.78 is 7.21. The quantitative estimate of drug-likeness (QED) is 0.436. The second kappa shape index (κ2) is 8.84. The van der Waals surface area contributed by atoms with Crippen LogP contribution in [0.2, 0.25) is 0 Å². The van der Waals surface area contributed by atoms with E-state index < -0.39 is 0 Å². The van der Waals surface area contributed by atoms with Gasteiger partial charge in [0.05, 0.1) is 29.9 Å². The SMILES string of the molecule is CCOC(=O)c1nn(Cc2ccccn2)c2c1CN(Cc1cccc3nccnc13)CC2. The van der Waals surface area contributed by atoms with E-state index in [9.17, 15) is 4.79 Å². The van der Waals surface area contributed by atoms with E-state index in [0.29, 0.717) is 25.4 Å². The Morgan fingerprint density at radius 2 is 1.94 bits per heavy atom. The van der Waals surface area contributed by atoms with Crippen molar-refractivity contribution in [2.24, 2.45) is 0 Å². The zero-order valence-electron chi connectivity index (χ0n) is 17.9. The van der Waals surface area contributed by atoms with Gasteiger partial charge in [0.15, 0.2) is 5.69 Å².